The predicted octanol–water partition coefficient (Wildman–Crippen LogP) is 4.05. The maximum absolute atomic E-state index is 13.4. The molecule has 1 fully saturated rings. The van der Waals surface area contributed by atoms with Crippen LogP contribution in [0.4, 0.5) is 4.79 Å². The molecule has 1 saturated carbocycles. The lowest BCUT2D eigenvalue weighted by molar-refractivity contribution is -0.110. The van der Waals surface area contributed by atoms with Crippen LogP contribution in [0.5, 0.6) is 0 Å². The van der Waals surface area contributed by atoms with Crippen LogP contribution in [0.15, 0.2) is 53.4 Å². The number of benzene rings is 2. The number of halogens is 1. The number of aryl methyl sites for hydroxylation is 1. The molecule has 2 aromatic rings. The van der Waals surface area contributed by atoms with Crippen molar-refractivity contribution in [2.24, 2.45) is 0 Å². The van der Waals surface area contributed by atoms with Crippen LogP contribution in [0.1, 0.15) is 37.8 Å². The summed E-state index contributed by atoms with van der Waals surface area (Å²) in [5.74, 6) is -0.799. The lowest BCUT2D eigenvalue weighted by Crippen LogP contribution is -2.45. The smallest absolute Gasteiger partial charge is 0.408 e. The zero-order valence-electron chi connectivity index (χ0n) is 17.2. The summed E-state index contributed by atoms with van der Waals surface area (Å²) in [6.45, 7) is 6.90. The van der Waals surface area contributed by atoms with Crippen molar-refractivity contribution >= 4 is 33.8 Å². The van der Waals surface area contributed by atoms with Crippen LogP contribution in [-0.2, 0) is 19.4 Å². The molecule has 30 heavy (non-hydrogen) atoms. The summed E-state index contributed by atoms with van der Waals surface area (Å²) in [4.78, 5) is 24.8. The Morgan fingerprint density at radius 3 is 2.33 bits per heavy atom. The highest BCUT2D eigenvalue weighted by atomic mass is 35.5. The molecule has 6 nitrogen and oxygen atoms in total. The molecule has 2 aromatic carbocycles. The van der Waals surface area contributed by atoms with Crippen molar-refractivity contribution in [3.63, 3.8) is 0 Å². The second kappa shape index (κ2) is 7.71. The van der Waals surface area contributed by atoms with E-state index < -0.39 is 38.2 Å². The second-order valence-electron chi connectivity index (χ2n) is 8.49. The van der Waals surface area contributed by atoms with Gasteiger partial charge in [0.15, 0.2) is 9.84 Å². The van der Waals surface area contributed by atoms with E-state index in [9.17, 15) is 18.0 Å². The number of hydrogen-bond donors (Lipinski definition) is 1. The molecular weight excluding hydrogens is 426 g/mol. The van der Waals surface area contributed by atoms with E-state index in [1.54, 1.807) is 57.2 Å². The summed E-state index contributed by atoms with van der Waals surface area (Å²) >= 11 is 6.09. The minimum absolute atomic E-state index is 0.0832. The Bertz CT molecular complexity index is 1080. The summed E-state index contributed by atoms with van der Waals surface area (Å²) in [7, 11) is -3.95. The molecule has 0 saturated heterocycles. The van der Waals surface area contributed by atoms with E-state index >= 15 is 0 Å². The highest BCUT2D eigenvalue weighted by Gasteiger charge is 2.73. The van der Waals surface area contributed by atoms with Gasteiger partial charge in [0, 0.05) is 10.9 Å². The molecule has 1 N–H and O–H groups in total. The number of sulfone groups is 1. The second-order valence-corrected chi connectivity index (χ2v) is 11.0. The van der Waals surface area contributed by atoms with E-state index in [0.29, 0.717) is 16.9 Å². The summed E-state index contributed by atoms with van der Waals surface area (Å²) < 4.78 is 32.1. The molecule has 0 spiro atoms. The van der Waals surface area contributed by atoms with Gasteiger partial charge in [-0.25, -0.2) is 13.2 Å². The largest absolute Gasteiger partial charge is 0.444 e. The normalized spacial score (nSPS) is 23.5. The number of hydrogen-bond acceptors (Lipinski definition) is 5. The minimum Gasteiger partial charge on any atom is -0.444 e. The third-order valence-electron chi connectivity index (χ3n) is 4.98. The van der Waals surface area contributed by atoms with E-state index in [0.717, 1.165) is 5.56 Å². The summed E-state index contributed by atoms with van der Waals surface area (Å²) in [6.07, 6.45) is -0.373. The minimum atomic E-state index is -3.95. The quantitative estimate of drug-likeness (QED) is 0.695. The first-order valence-corrected chi connectivity index (χ1v) is 11.4. The molecule has 0 radical (unpaired) electrons. The maximum atomic E-state index is 13.4. The molecule has 0 bridgehead atoms. The number of nitrogens with one attached hydrogen (secondary N) is 1. The fourth-order valence-corrected chi connectivity index (χ4v) is 6.08. The first-order chi connectivity index (χ1) is 13.9. The van der Waals surface area contributed by atoms with Crippen LogP contribution < -0.4 is 5.32 Å². The molecule has 3 rings (SSSR count). The Morgan fingerprint density at radius 1 is 1.17 bits per heavy atom. The van der Waals surface area contributed by atoms with Crippen LogP contribution >= 0.6 is 11.6 Å². The standard InChI is InChI=1S/C22H24ClNO5S/c1-14-8-10-17(11-9-14)30(27,28)19-18(15-6-5-7-16(23)12-15)22(19,13-25)24-20(26)29-21(2,3)4/h5-13,18-19H,1-4H3,(H,24,26)/t18-,19+,22+/m0/s1. The molecule has 0 aromatic heterocycles. The number of carbonyl (C=O) groups excluding carboxylic acids is 2. The average molecular weight is 450 g/mol. The molecular formula is C22H24ClNO5S. The summed E-state index contributed by atoms with van der Waals surface area (Å²) in [5.41, 5.74) is -1.01. The fourth-order valence-electron chi connectivity index (χ4n) is 3.63. The molecule has 160 valence electrons. The van der Waals surface area contributed by atoms with Gasteiger partial charge >= 0.3 is 6.09 Å². The van der Waals surface area contributed by atoms with E-state index in [4.69, 9.17) is 16.3 Å². The zero-order chi connectivity index (χ0) is 22.3. The van der Waals surface area contributed by atoms with Crippen LogP contribution in [0, 0.1) is 6.92 Å². The Hall–Kier alpha value is -2.38. The Morgan fingerprint density at radius 2 is 1.80 bits per heavy atom. The number of aldehydes is 1. The van der Waals surface area contributed by atoms with Gasteiger partial charge in [-0.3, -0.25) is 0 Å². The van der Waals surface area contributed by atoms with Crippen LogP contribution in [0.2, 0.25) is 5.02 Å². The van der Waals surface area contributed by atoms with Gasteiger partial charge in [-0.2, -0.15) is 0 Å². The van der Waals surface area contributed by atoms with Gasteiger partial charge in [-0.05, 0) is 57.5 Å². The molecule has 3 atom stereocenters. The molecule has 0 heterocycles. The topological polar surface area (TPSA) is 89.5 Å². The fraction of sp³-hybridized carbons (Fsp3) is 0.364. The van der Waals surface area contributed by atoms with Gasteiger partial charge in [0.25, 0.3) is 0 Å². The van der Waals surface area contributed by atoms with E-state index in [1.807, 2.05) is 6.92 Å². The highest BCUT2D eigenvalue weighted by molar-refractivity contribution is 7.92. The Kier molecular flexibility index (Phi) is 5.73. The first-order valence-electron chi connectivity index (χ1n) is 9.44. The third kappa shape index (κ3) is 4.23. The van der Waals surface area contributed by atoms with Gasteiger partial charge < -0.3 is 14.8 Å². The van der Waals surface area contributed by atoms with Crippen LogP contribution in [0.25, 0.3) is 0 Å². The first kappa shape index (κ1) is 22.3. The molecule has 1 aliphatic carbocycles. The lowest BCUT2D eigenvalue weighted by atomic mass is 10.1. The number of carbonyl (C=O) groups is 2. The van der Waals surface area contributed by atoms with Crippen molar-refractivity contribution in [3.8, 4) is 0 Å². The zero-order valence-corrected chi connectivity index (χ0v) is 18.8. The predicted molar refractivity (Wildman–Crippen MR) is 115 cm³/mol. The van der Waals surface area contributed by atoms with Crippen molar-refractivity contribution in [2.45, 2.75) is 54.9 Å². The average Bonchev–Trinajstić information content (AvgIpc) is 3.30. The summed E-state index contributed by atoms with van der Waals surface area (Å²) in [5, 5.41) is 1.75. The van der Waals surface area contributed by atoms with Crippen molar-refractivity contribution in [2.75, 3.05) is 0 Å². The molecule has 1 amide bonds. The van der Waals surface area contributed by atoms with Crippen molar-refractivity contribution in [1.82, 2.24) is 5.32 Å². The van der Waals surface area contributed by atoms with Crippen LogP contribution in [0.3, 0.4) is 0 Å². The Labute approximate surface area is 181 Å². The Balaban J connectivity index is 2.06. The molecule has 0 unspecified atom stereocenters. The van der Waals surface area contributed by atoms with Gasteiger partial charge in [0.1, 0.15) is 22.7 Å². The number of rotatable bonds is 5. The lowest BCUT2D eigenvalue weighted by Gasteiger charge is -2.22. The number of amides is 1. The van der Waals surface area contributed by atoms with Crippen molar-refractivity contribution < 1.29 is 22.7 Å². The number of alkyl carbamates (subject to hydrolysis) is 1. The maximum Gasteiger partial charge on any atom is 0.408 e. The summed E-state index contributed by atoms with van der Waals surface area (Å²) in [6, 6.07) is 13.0. The molecule has 1 aliphatic rings. The van der Waals surface area contributed by atoms with E-state index in [1.165, 1.54) is 12.1 Å². The van der Waals surface area contributed by atoms with E-state index in [-0.39, 0.29) is 4.90 Å². The van der Waals surface area contributed by atoms with Gasteiger partial charge in [-0.1, -0.05) is 41.4 Å². The molecule has 0 aliphatic heterocycles. The van der Waals surface area contributed by atoms with Crippen molar-refractivity contribution in [3.05, 3.63) is 64.7 Å². The number of ether oxygens (including phenoxy) is 1. The van der Waals surface area contributed by atoms with Crippen molar-refractivity contribution in [1.29, 1.82) is 0 Å². The molecule has 8 heteroatoms. The SMILES string of the molecule is Cc1ccc(S(=O)(=O)[C@@H]2[C@H](c3cccc(Cl)c3)[C@@]2(C=O)NC(=O)OC(C)(C)C)cc1. The highest BCUT2D eigenvalue weighted by Crippen LogP contribution is 2.56. The van der Waals surface area contributed by atoms with Gasteiger partial charge in [-0.15, -0.1) is 0 Å². The van der Waals surface area contributed by atoms with Crippen LogP contribution in [-0.4, -0.2) is 37.2 Å². The monoisotopic (exact) mass is 449 g/mol. The van der Waals surface area contributed by atoms with Gasteiger partial charge in [0.05, 0.1) is 4.90 Å². The van der Waals surface area contributed by atoms with Gasteiger partial charge in [0.2, 0.25) is 0 Å². The third-order valence-corrected chi connectivity index (χ3v) is 7.48. The van der Waals surface area contributed by atoms with E-state index in [2.05, 4.69) is 5.32 Å².